The van der Waals surface area contributed by atoms with E-state index in [0.717, 1.165) is 23.1 Å². The molecule has 6 nitrogen and oxygen atoms in total. The third-order valence-corrected chi connectivity index (χ3v) is 3.73. The molecule has 0 fully saturated rings. The maximum atomic E-state index is 10.7. The van der Waals surface area contributed by atoms with E-state index in [0.29, 0.717) is 17.8 Å². The average Bonchev–Trinajstić information content (AvgIpc) is 2.99. The summed E-state index contributed by atoms with van der Waals surface area (Å²) in [5, 5.41) is 14.7. The number of carbonyl (C=O) groups is 1. The van der Waals surface area contributed by atoms with Crippen LogP contribution in [-0.4, -0.2) is 28.1 Å². The lowest BCUT2D eigenvalue weighted by atomic mass is 9.95. The third kappa shape index (κ3) is 3.23. The van der Waals surface area contributed by atoms with Crippen LogP contribution in [-0.2, 0) is 11.2 Å². The van der Waals surface area contributed by atoms with Crippen molar-refractivity contribution in [1.82, 2.24) is 4.98 Å². The Kier molecular flexibility index (Phi) is 4.36. The van der Waals surface area contributed by atoms with Gasteiger partial charge in [-0.2, -0.15) is 5.10 Å². The summed E-state index contributed by atoms with van der Waals surface area (Å²) in [4.78, 5) is 13.8. The molecule has 1 aromatic carbocycles. The molecule has 23 heavy (non-hydrogen) atoms. The molecule has 6 heteroatoms. The Labute approximate surface area is 133 Å². The summed E-state index contributed by atoms with van der Waals surface area (Å²) in [6.45, 7) is 0. The van der Waals surface area contributed by atoms with Crippen LogP contribution in [0.1, 0.15) is 22.9 Å². The van der Waals surface area contributed by atoms with E-state index in [1.807, 2.05) is 36.4 Å². The number of benzene rings is 1. The second-order valence-electron chi connectivity index (χ2n) is 5.40. The van der Waals surface area contributed by atoms with Crippen LogP contribution in [0.15, 0.2) is 47.7 Å². The van der Waals surface area contributed by atoms with Gasteiger partial charge in [0.05, 0.1) is 23.1 Å². The first-order chi connectivity index (χ1) is 11.2. The number of nitrogens with zero attached hydrogens (tertiary/aromatic N) is 1. The van der Waals surface area contributed by atoms with Gasteiger partial charge in [0.2, 0.25) is 0 Å². The Bertz CT molecular complexity index is 749. The topological polar surface area (TPSA) is 104 Å². The largest absolute Gasteiger partial charge is 0.380 e. The quantitative estimate of drug-likeness (QED) is 0.497. The first-order valence-electron chi connectivity index (χ1n) is 7.35. The van der Waals surface area contributed by atoms with E-state index in [2.05, 4.69) is 15.5 Å². The fourth-order valence-electron chi connectivity index (χ4n) is 2.54. The van der Waals surface area contributed by atoms with Crippen molar-refractivity contribution in [2.24, 2.45) is 10.8 Å². The summed E-state index contributed by atoms with van der Waals surface area (Å²) < 4.78 is 0. The van der Waals surface area contributed by atoms with E-state index in [4.69, 9.17) is 5.73 Å². The Hall–Kier alpha value is -2.70. The molecule has 3 rings (SSSR count). The molecule has 1 aliphatic rings. The molecule has 0 spiro atoms. The van der Waals surface area contributed by atoms with Crippen LogP contribution in [0.3, 0.4) is 0 Å². The number of fused-ring (bicyclic) bond motifs is 1. The molecule has 0 radical (unpaired) electrons. The van der Waals surface area contributed by atoms with Gasteiger partial charge in [-0.25, -0.2) is 0 Å². The van der Waals surface area contributed by atoms with Crippen LogP contribution in [0.4, 0.5) is 5.69 Å². The van der Waals surface area contributed by atoms with Gasteiger partial charge < -0.3 is 20.6 Å². The molecule has 0 aliphatic heterocycles. The number of nitrogens with one attached hydrogen (secondary N) is 2. The van der Waals surface area contributed by atoms with Crippen LogP contribution in [0.2, 0.25) is 0 Å². The van der Waals surface area contributed by atoms with Crippen molar-refractivity contribution in [2.75, 3.05) is 5.43 Å². The zero-order valence-electron chi connectivity index (χ0n) is 12.4. The van der Waals surface area contributed by atoms with Crippen LogP contribution >= 0.6 is 0 Å². The third-order valence-electron chi connectivity index (χ3n) is 3.73. The fraction of sp³-hybridized carbons (Fsp3) is 0.176. The minimum absolute atomic E-state index is 0.432. The number of para-hydroxylation sites is 1. The molecule has 5 N–H and O–H groups in total. The second kappa shape index (κ2) is 6.60. The molecule has 2 aromatic rings. The maximum Gasteiger partial charge on any atom is 0.138 e. The van der Waals surface area contributed by atoms with Gasteiger partial charge in [-0.05, 0) is 30.2 Å². The smallest absolute Gasteiger partial charge is 0.138 e. The number of aliphatic hydroxyl groups excluding tert-OH is 1. The molecule has 2 unspecified atom stereocenters. The summed E-state index contributed by atoms with van der Waals surface area (Å²) in [5.41, 5.74) is 12.4. The Balaban J connectivity index is 1.80. The van der Waals surface area contributed by atoms with Crippen molar-refractivity contribution < 1.29 is 9.90 Å². The number of rotatable bonds is 5. The van der Waals surface area contributed by atoms with Gasteiger partial charge in [0, 0.05) is 11.8 Å². The molecule has 0 saturated carbocycles. The number of nitrogens with two attached hydrogens (primary N) is 1. The van der Waals surface area contributed by atoms with E-state index in [9.17, 15) is 9.90 Å². The fourth-order valence-corrected chi connectivity index (χ4v) is 2.54. The van der Waals surface area contributed by atoms with E-state index in [-0.39, 0.29) is 0 Å². The number of hydrazone groups is 1. The first kappa shape index (κ1) is 15.2. The Morgan fingerprint density at radius 2 is 2.13 bits per heavy atom. The maximum absolute atomic E-state index is 10.7. The lowest BCUT2D eigenvalue weighted by Crippen LogP contribution is -2.24. The van der Waals surface area contributed by atoms with E-state index < -0.39 is 12.1 Å². The molecule has 0 amide bonds. The van der Waals surface area contributed by atoms with Crippen molar-refractivity contribution in [1.29, 1.82) is 0 Å². The minimum Gasteiger partial charge on any atom is -0.380 e. The summed E-state index contributed by atoms with van der Waals surface area (Å²) in [6.07, 6.45) is 5.70. The van der Waals surface area contributed by atoms with Gasteiger partial charge >= 0.3 is 0 Å². The van der Waals surface area contributed by atoms with Gasteiger partial charge in [0.25, 0.3) is 0 Å². The SMILES string of the molecule is NC(C=O)Cc1c[nH]c2c1C=C/C(=N\Nc1ccccc1)C2O. The van der Waals surface area contributed by atoms with E-state index in [1.54, 1.807) is 12.3 Å². The monoisotopic (exact) mass is 310 g/mol. The first-order valence-corrected chi connectivity index (χ1v) is 7.35. The van der Waals surface area contributed by atoms with Crippen LogP contribution in [0.5, 0.6) is 0 Å². The second-order valence-corrected chi connectivity index (χ2v) is 5.40. The van der Waals surface area contributed by atoms with Crippen LogP contribution in [0, 0.1) is 0 Å². The number of carbonyl (C=O) groups excluding carboxylic acids is 1. The van der Waals surface area contributed by atoms with Crippen LogP contribution in [0.25, 0.3) is 6.08 Å². The molecule has 118 valence electrons. The Morgan fingerprint density at radius 3 is 2.87 bits per heavy atom. The highest BCUT2D eigenvalue weighted by molar-refractivity contribution is 6.05. The number of aliphatic hydroxyl groups is 1. The van der Waals surface area contributed by atoms with Gasteiger partial charge in [0.1, 0.15) is 12.4 Å². The van der Waals surface area contributed by atoms with Crippen molar-refractivity contribution in [3.8, 4) is 0 Å². The van der Waals surface area contributed by atoms with Crippen molar-refractivity contribution in [2.45, 2.75) is 18.6 Å². The Morgan fingerprint density at radius 1 is 1.35 bits per heavy atom. The standard InChI is InChI=1S/C17H18N4O2/c18-12(10-22)8-11-9-19-16-14(11)6-7-15(17(16)23)21-20-13-4-2-1-3-5-13/h1-7,9-10,12,17,19-20,23H,8,18H2/b21-15+. The average molecular weight is 310 g/mol. The number of H-pyrrole nitrogens is 1. The van der Waals surface area contributed by atoms with Gasteiger partial charge in [-0.3, -0.25) is 5.43 Å². The normalized spacial score (nSPS) is 19.4. The molecular weight excluding hydrogens is 292 g/mol. The number of aromatic amines is 1. The lowest BCUT2D eigenvalue weighted by molar-refractivity contribution is -0.108. The van der Waals surface area contributed by atoms with Gasteiger partial charge in [-0.1, -0.05) is 24.3 Å². The van der Waals surface area contributed by atoms with Crippen molar-refractivity contribution >= 4 is 23.8 Å². The number of aromatic nitrogens is 1. The van der Waals surface area contributed by atoms with Crippen LogP contribution < -0.4 is 11.2 Å². The molecule has 1 heterocycles. The molecular formula is C17H18N4O2. The number of anilines is 1. The highest BCUT2D eigenvalue weighted by Crippen LogP contribution is 2.28. The zero-order valence-corrected chi connectivity index (χ0v) is 12.4. The summed E-state index contributed by atoms with van der Waals surface area (Å²) in [6, 6.07) is 8.96. The minimum atomic E-state index is -0.854. The summed E-state index contributed by atoms with van der Waals surface area (Å²) in [5.74, 6) is 0. The molecule has 1 aliphatic carbocycles. The molecule has 0 saturated heterocycles. The predicted octanol–water partition coefficient (Wildman–Crippen LogP) is 1.61. The van der Waals surface area contributed by atoms with Crippen molar-refractivity contribution in [3.63, 3.8) is 0 Å². The molecule has 2 atom stereocenters. The molecule has 1 aromatic heterocycles. The highest BCUT2D eigenvalue weighted by Gasteiger charge is 2.24. The van der Waals surface area contributed by atoms with Gasteiger partial charge in [-0.15, -0.1) is 0 Å². The predicted molar refractivity (Wildman–Crippen MR) is 90.0 cm³/mol. The van der Waals surface area contributed by atoms with Gasteiger partial charge in [0.15, 0.2) is 0 Å². The number of aldehydes is 1. The number of hydrogen-bond acceptors (Lipinski definition) is 5. The van der Waals surface area contributed by atoms with E-state index >= 15 is 0 Å². The number of hydrogen-bond donors (Lipinski definition) is 4. The van der Waals surface area contributed by atoms with Crippen molar-refractivity contribution in [3.05, 3.63) is 59.4 Å². The summed E-state index contributed by atoms with van der Waals surface area (Å²) in [7, 11) is 0. The molecule has 0 bridgehead atoms. The summed E-state index contributed by atoms with van der Waals surface area (Å²) >= 11 is 0. The highest BCUT2D eigenvalue weighted by atomic mass is 16.3. The zero-order chi connectivity index (χ0) is 16.2. The van der Waals surface area contributed by atoms with E-state index in [1.165, 1.54) is 0 Å². The lowest BCUT2D eigenvalue weighted by Gasteiger charge is -2.16.